The lowest BCUT2D eigenvalue weighted by Crippen LogP contribution is -2.25. The molecule has 0 spiro atoms. The van der Waals surface area contributed by atoms with Crippen LogP contribution < -0.4 is 5.56 Å². The van der Waals surface area contributed by atoms with Crippen molar-refractivity contribution in [2.24, 2.45) is 0 Å². The molecule has 7 heteroatoms. The number of hydrogen-bond donors (Lipinski definition) is 1. The number of benzene rings is 1. The zero-order valence-electron chi connectivity index (χ0n) is 11.7. The summed E-state index contributed by atoms with van der Waals surface area (Å²) in [5.74, 6) is -0.634. The molecule has 1 N–H and O–H groups in total. The van der Waals surface area contributed by atoms with Crippen molar-refractivity contribution in [1.29, 1.82) is 0 Å². The predicted octanol–water partition coefficient (Wildman–Crippen LogP) is 2.05. The highest BCUT2D eigenvalue weighted by molar-refractivity contribution is 6.30. The van der Waals surface area contributed by atoms with Crippen LogP contribution in [0.3, 0.4) is 0 Å². The normalized spacial score (nSPS) is 10.8. The van der Waals surface area contributed by atoms with Crippen LogP contribution in [0.2, 0.25) is 5.02 Å². The number of carbonyl (C=O) groups is 1. The van der Waals surface area contributed by atoms with E-state index >= 15 is 0 Å². The van der Waals surface area contributed by atoms with Crippen molar-refractivity contribution >= 4 is 23.2 Å². The lowest BCUT2D eigenvalue weighted by Gasteiger charge is -2.07. The van der Waals surface area contributed by atoms with Crippen molar-refractivity contribution in [3.05, 3.63) is 68.7 Å². The van der Waals surface area contributed by atoms with E-state index in [0.29, 0.717) is 10.7 Å². The van der Waals surface area contributed by atoms with E-state index in [-0.39, 0.29) is 23.2 Å². The van der Waals surface area contributed by atoms with Gasteiger partial charge in [-0.25, -0.2) is 14.3 Å². The number of carbonyl (C=O) groups excluding carboxylic acids is 1. The van der Waals surface area contributed by atoms with Crippen LogP contribution in [0.5, 0.6) is 0 Å². The molecule has 22 heavy (non-hydrogen) atoms. The van der Waals surface area contributed by atoms with Gasteiger partial charge in [0.2, 0.25) is 0 Å². The van der Waals surface area contributed by atoms with Crippen LogP contribution in [0.1, 0.15) is 21.6 Å². The number of H-pyrrole nitrogens is 1. The molecule has 0 radical (unpaired) electrons. The highest BCUT2D eigenvalue weighted by atomic mass is 35.5. The fourth-order valence-electron chi connectivity index (χ4n) is 2.23. The standard InChI is InChI=1S/C15H12ClN3O3/c1-22-15(21)13-11(8-9-2-4-10(16)5-3-9)14(20)19-12(18-13)6-7-17-19/h2-7,17H,8H2,1H3. The molecule has 3 rings (SSSR count). The number of aromatic nitrogens is 3. The number of halogens is 1. The van der Waals surface area contributed by atoms with Crippen LogP contribution >= 0.6 is 11.6 Å². The summed E-state index contributed by atoms with van der Waals surface area (Å²) >= 11 is 5.86. The molecule has 0 unspecified atom stereocenters. The molecule has 0 bridgehead atoms. The Kier molecular flexibility index (Phi) is 3.68. The van der Waals surface area contributed by atoms with Gasteiger partial charge >= 0.3 is 5.97 Å². The minimum Gasteiger partial charge on any atom is -0.464 e. The molecular weight excluding hydrogens is 306 g/mol. The first kappa shape index (κ1) is 14.3. The molecule has 0 amide bonds. The maximum atomic E-state index is 12.6. The minimum absolute atomic E-state index is 0.0297. The van der Waals surface area contributed by atoms with Gasteiger partial charge in [-0.05, 0) is 17.7 Å². The van der Waals surface area contributed by atoms with Gasteiger partial charge in [0, 0.05) is 23.7 Å². The van der Waals surface area contributed by atoms with E-state index in [4.69, 9.17) is 16.3 Å². The number of nitrogens with one attached hydrogen (secondary N) is 1. The molecule has 0 aliphatic heterocycles. The zero-order valence-corrected chi connectivity index (χ0v) is 12.4. The summed E-state index contributed by atoms with van der Waals surface area (Å²) in [5.41, 5.74) is 1.19. The average Bonchev–Trinajstić information content (AvgIpc) is 3.00. The summed E-state index contributed by atoms with van der Waals surface area (Å²) in [7, 11) is 1.26. The zero-order chi connectivity index (χ0) is 15.7. The Hall–Kier alpha value is -2.60. The first-order valence-electron chi connectivity index (χ1n) is 6.52. The highest BCUT2D eigenvalue weighted by Gasteiger charge is 2.20. The van der Waals surface area contributed by atoms with Crippen LogP contribution in [0.15, 0.2) is 41.3 Å². The van der Waals surface area contributed by atoms with E-state index in [1.807, 2.05) is 0 Å². The van der Waals surface area contributed by atoms with Crippen LogP contribution in [-0.2, 0) is 11.2 Å². The second kappa shape index (κ2) is 5.65. The quantitative estimate of drug-likeness (QED) is 0.750. The van der Waals surface area contributed by atoms with Gasteiger partial charge < -0.3 is 4.74 Å². The van der Waals surface area contributed by atoms with Gasteiger partial charge in [-0.3, -0.25) is 9.89 Å². The average molecular weight is 318 g/mol. The second-order valence-electron chi connectivity index (χ2n) is 4.69. The fourth-order valence-corrected chi connectivity index (χ4v) is 2.35. The number of aromatic amines is 1. The Labute approximate surface area is 130 Å². The number of fused-ring (bicyclic) bond motifs is 1. The monoisotopic (exact) mass is 317 g/mol. The van der Waals surface area contributed by atoms with Crippen LogP contribution in [0.4, 0.5) is 0 Å². The molecule has 0 saturated heterocycles. The Morgan fingerprint density at radius 3 is 2.73 bits per heavy atom. The van der Waals surface area contributed by atoms with E-state index in [0.717, 1.165) is 5.56 Å². The summed E-state index contributed by atoms with van der Waals surface area (Å²) in [6.07, 6.45) is 1.84. The van der Waals surface area contributed by atoms with Gasteiger partial charge in [0.1, 0.15) is 0 Å². The molecular formula is C15H12ClN3O3. The van der Waals surface area contributed by atoms with Gasteiger partial charge in [-0.2, -0.15) is 0 Å². The molecule has 3 aromatic rings. The molecule has 0 aliphatic carbocycles. The summed E-state index contributed by atoms with van der Waals surface area (Å²) < 4.78 is 6.02. The molecule has 0 atom stereocenters. The number of nitrogens with zero attached hydrogens (tertiary/aromatic N) is 2. The fraction of sp³-hybridized carbons (Fsp3) is 0.133. The third kappa shape index (κ3) is 2.48. The van der Waals surface area contributed by atoms with Crippen LogP contribution in [0.25, 0.3) is 5.65 Å². The van der Waals surface area contributed by atoms with Crippen molar-refractivity contribution in [1.82, 2.24) is 14.6 Å². The Bertz CT molecular complexity index is 897. The van der Waals surface area contributed by atoms with Gasteiger partial charge in [-0.15, -0.1) is 0 Å². The largest absolute Gasteiger partial charge is 0.464 e. The Balaban J connectivity index is 2.17. The number of esters is 1. The summed E-state index contributed by atoms with van der Waals surface area (Å²) in [5, 5.41) is 3.38. The molecule has 6 nitrogen and oxygen atoms in total. The van der Waals surface area contributed by atoms with E-state index in [2.05, 4.69) is 10.1 Å². The maximum absolute atomic E-state index is 12.6. The van der Waals surface area contributed by atoms with Gasteiger partial charge in [-0.1, -0.05) is 23.7 Å². The number of methoxy groups -OCH3 is 1. The summed E-state index contributed by atoms with van der Waals surface area (Å²) in [4.78, 5) is 28.7. The number of rotatable bonds is 3. The van der Waals surface area contributed by atoms with Gasteiger partial charge in [0.25, 0.3) is 5.56 Å². The van der Waals surface area contributed by atoms with E-state index in [1.54, 1.807) is 36.5 Å². The molecule has 0 fully saturated rings. The summed E-state index contributed by atoms with van der Waals surface area (Å²) in [6, 6.07) is 8.67. The van der Waals surface area contributed by atoms with Crippen molar-refractivity contribution in [3.8, 4) is 0 Å². The van der Waals surface area contributed by atoms with E-state index in [9.17, 15) is 9.59 Å². The lowest BCUT2D eigenvalue weighted by molar-refractivity contribution is 0.0592. The molecule has 2 heterocycles. The Morgan fingerprint density at radius 2 is 2.05 bits per heavy atom. The lowest BCUT2D eigenvalue weighted by atomic mass is 10.0. The van der Waals surface area contributed by atoms with Crippen LogP contribution in [0, 0.1) is 0 Å². The van der Waals surface area contributed by atoms with E-state index in [1.165, 1.54) is 11.6 Å². The molecule has 0 saturated carbocycles. The van der Waals surface area contributed by atoms with Gasteiger partial charge in [0.05, 0.1) is 12.7 Å². The molecule has 1 aromatic carbocycles. The van der Waals surface area contributed by atoms with E-state index < -0.39 is 5.97 Å². The predicted molar refractivity (Wildman–Crippen MR) is 81.4 cm³/mol. The van der Waals surface area contributed by atoms with Crippen LogP contribution in [-0.4, -0.2) is 27.7 Å². The maximum Gasteiger partial charge on any atom is 0.357 e. The topological polar surface area (TPSA) is 76.5 Å². The summed E-state index contributed by atoms with van der Waals surface area (Å²) in [6.45, 7) is 0. The Morgan fingerprint density at radius 1 is 1.32 bits per heavy atom. The molecule has 2 aromatic heterocycles. The SMILES string of the molecule is COC(=O)c1nc2cc[nH]n2c(=O)c1Cc1ccc(Cl)cc1. The van der Waals surface area contributed by atoms with Crippen molar-refractivity contribution in [3.63, 3.8) is 0 Å². The number of hydrogen-bond acceptors (Lipinski definition) is 4. The van der Waals surface area contributed by atoms with Crippen molar-refractivity contribution in [2.75, 3.05) is 7.11 Å². The van der Waals surface area contributed by atoms with Gasteiger partial charge in [0.15, 0.2) is 11.3 Å². The third-order valence-electron chi connectivity index (χ3n) is 3.31. The first-order valence-corrected chi connectivity index (χ1v) is 6.89. The first-order chi connectivity index (χ1) is 10.6. The molecule has 0 aliphatic rings. The number of ether oxygens (including phenoxy) is 1. The second-order valence-corrected chi connectivity index (χ2v) is 5.13. The third-order valence-corrected chi connectivity index (χ3v) is 3.56. The van der Waals surface area contributed by atoms with Crippen molar-refractivity contribution < 1.29 is 9.53 Å². The smallest absolute Gasteiger partial charge is 0.357 e. The highest BCUT2D eigenvalue weighted by Crippen LogP contribution is 2.15. The minimum atomic E-state index is -0.634. The van der Waals surface area contributed by atoms with Crippen molar-refractivity contribution in [2.45, 2.75) is 6.42 Å². The molecule has 112 valence electrons.